The summed E-state index contributed by atoms with van der Waals surface area (Å²) in [5, 5.41) is 3.39. The van der Waals surface area contributed by atoms with Gasteiger partial charge < -0.3 is 5.32 Å². The molecule has 0 aromatic carbocycles. The van der Waals surface area contributed by atoms with Gasteiger partial charge in [0.15, 0.2) is 0 Å². The third-order valence-corrected chi connectivity index (χ3v) is 7.89. The number of likely N-dealkylation sites (tertiary alicyclic amines) is 1. The van der Waals surface area contributed by atoms with Crippen LogP contribution in [-0.4, -0.2) is 28.9 Å². The zero-order valence-corrected chi connectivity index (χ0v) is 14.7. The smallest absolute Gasteiger partial charge is 0.324 e. The van der Waals surface area contributed by atoms with Gasteiger partial charge in [-0.2, -0.15) is 0 Å². The Labute approximate surface area is 144 Å². The fourth-order valence-electron chi connectivity index (χ4n) is 7.28. The van der Waals surface area contributed by atoms with Gasteiger partial charge in [-0.15, -0.1) is 0 Å². The van der Waals surface area contributed by atoms with E-state index < -0.39 is 0 Å². The molecule has 24 heavy (non-hydrogen) atoms. The minimum Gasteiger partial charge on any atom is -0.332 e. The van der Waals surface area contributed by atoms with Crippen molar-refractivity contribution in [3.05, 3.63) is 0 Å². The van der Waals surface area contributed by atoms with Crippen LogP contribution in [0.1, 0.15) is 77.0 Å². The first-order valence-corrected chi connectivity index (χ1v) is 10.2. The van der Waals surface area contributed by atoms with E-state index >= 15 is 0 Å². The van der Waals surface area contributed by atoms with Crippen molar-refractivity contribution in [1.82, 2.24) is 10.2 Å². The molecule has 6 fully saturated rings. The van der Waals surface area contributed by atoms with Crippen molar-refractivity contribution in [2.45, 2.75) is 82.6 Å². The Morgan fingerprint density at radius 3 is 2.12 bits per heavy atom. The van der Waals surface area contributed by atoms with Gasteiger partial charge in [0.2, 0.25) is 5.91 Å². The van der Waals surface area contributed by atoms with Gasteiger partial charge in [0, 0.05) is 18.5 Å². The van der Waals surface area contributed by atoms with E-state index in [0.717, 1.165) is 49.9 Å². The fraction of sp³-hybridized carbons (Fsp3) is 0.900. The summed E-state index contributed by atoms with van der Waals surface area (Å²) in [6.07, 6.45) is 14.2. The molecule has 0 aromatic rings. The molecule has 1 saturated heterocycles. The molecule has 1 heterocycles. The molecule has 1 aliphatic heterocycles. The molecule has 3 amide bonds. The molecule has 1 spiro atoms. The lowest BCUT2D eigenvalue weighted by molar-refractivity contribution is -0.125. The predicted molar refractivity (Wildman–Crippen MR) is 91.3 cm³/mol. The highest BCUT2D eigenvalue weighted by Crippen LogP contribution is 2.55. The summed E-state index contributed by atoms with van der Waals surface area (Å²) >= 11 is 0. The van der Waals surface area contributed by atoms with Gasteiger partial charge in [0.05, 0.1) is 0 Å². The van der Waals surface area contributed by atoms with Crippen LogP contribution in [0.25, 0.3) is 0 Å². The third kappa shape index (κ3) is 2.40. The number of amides is 3. The van der Waals surface area contributed by atoms with Crippen LogP contribution in [0.5, 0.6) is 0 Å². The second kappa shape index (κ2) is 5.22. The second-order valence-corrected chi connectivity index (χ2v) is 9.85. The van der Waals surface area contributed by atoms with Crippen LogP contribution in [0.2, 0.25) is 0 Å². The van der Waals surface area contributed by atoms with Gasteiger partial charge in [-0.3, -0.25) is 9.69 Å². The summed E-state index contributed by atoms with van der Waals surface area (Å²) in [5.41, 5.74) is 0.114. The van der Waals surface area contributed by atoms with Gasteiger partial charge in [0.25, 0.3) is 0 Å². The van der Waals surface area contributed by atoms with Crippen molar-refractivity contribution in [2.75, 3.05) is 6.54 Å². The molecule has 4 heteroatoms. The molecule has 5 saturated carbocycles. The van der Waals surface area contributed by atoms with E-state index in [4.69, 9.17) is 0 Å². The minimum atomic E-state index is -0.0793. The molecule has 132 valence electrons. The van der Waals surface area contributed by atoms with E-state index in [1.807, 2.05) is 0 Å². The quantitative estimate of drug-likeness (QED) is 0.794. The first kappa shape index (κ1) is 15.2. The largest absolute Gasteiger partial charge is 0.332 e. The van der Waals surface area contributed by atoms with Crippen molar-refractivity contribution in [1.29, 1.82) is 0 Å². The van der Waals surface area contributed by atoms with E-state index in [9.17, 15) is 9.59 Å². The Bertz CT molecular complexity index is 529. The predicted octanol–water partition coefficient (Wildman–Crippen LogP) is 3.85. The molecule has 6 rings (SSSR count). The van der Waals surface area contributed by atoms with Crippen LogP contribution in [0.4, 0.5) is 4.79 Å². The van der Waals surface area contributed by atoms with Gasteiger partial charge in [-0.1, -0.05) is 19.3 Å². The molecule has 0 unspecified atom stereocenters. The lowest BCUT2D eigenvalue weighted by Crippen LogP contribution is -2.62. The van der Waals surface area contributed by atoms with Crippen LogP contribution >= 0.6 is 0 Å². The van der Waals surface area contributed by atoms with Crippen molar-refractivity contribution < 1.29 is 9.59 Å². The number of urea groups is 1. The van der Waals surface area contributed by atoms with Crippen LogP contribution in [0, 0.1) is 23.2 Å². The van der Waals surface area contributed by atoms with Gasteiger partial charge in [-0.05, 0) is 74.5 Å². The molecule has 0 radical (unpaired) electrons. The third-order valence-electron chi connectivity index (χ3n) is 7.89. The molecule has 6 aliphatic rings. The Morgan fingerprint density at radius 2 is 1.54 bits per heavy atom. The number of carbonyl (C=O) groups is 2. The topological polar surface area (TPSA) is 49.4 Å². The van der Waals surface area contributed by atoms with Crippen LogP contribution in [0.3, 0.4) is 0 Å². The molecule has 4 nitrogen and oxygen atoms in total. The number of carbonyl (C=O) groups excluding carboxylic acids is 2. The van der Waals surface area contributed by atoms with Crippen molar-refractivity contribution in [2.24, 2.45) is 23.2 Å². The number of nitrogens with one attached hydrogen (secondary N) is 1. The Balaban J connectivity index is 1.30. The molecule has 1 N–H and O–H groups in total. The molecular formula is C20H30N2O2. The highest BCUT2D eigenvalue weighted by Gasteiger charge is 2.53. The summed E-state index contributed by atoms with van der Waals surface area (Å²) in [7, 11) is 0. The summed E-state index contributed by atoms with van der Waals surface area (Å²) in [6, 6.07) is -0.0793. The summed E-state index contributed by atoms with van der Waals surface area (Å²) in [6.45, 7) is 0.671. The van der Waals surface area contributed by atoms with Gasteiger partial charge in [-0.25, -0.2) is 4.79 Å². The van der Waals surface area contributed by atoms with Crippen LogP contribution in [0.15, 0.2) is 0 Å². The second-order valence-electron chi connectivity index (χ2n) is 9.85. The van der Waals surface area contributed by atoms with Gasteiger partial charge in [0.1, 0.15) is 0 Å². The molecule has 0 atom stereocenters. The zero-order chi connectivity index (χ0) is 16.4. The Kier molecular flexibility index (Phi) is 3.31. The summed E-state index contributed by atoms with van der Waals surface area (Å²) in [4.78, 5) is 27.1. The lowest BCUT2D eigenvalue weighted by Gasteiger charge is -2.57. The average molecular weight is 330 g/mol. The number of imide groups is 1. The summed E-state index contributed by atoms with van der Waals surface area (Å²) in [5.74, 6) is 2.51. The van der Waals surface area contributed by atoms with E-state index in [0.29, 0.717) is 13.0 Å². The minimum absolute atomic E-state index is 0.00836. The maximum Gasteiger partial charge on any atom is 0.324 e. The number of hydrogen-bond donors (Lipinski definition) is 1. The lowest BCUT2D eigenvalue weighted by atomic mass is 9.53. The van der Waals surface area contributed by atoms with E-state index in [2.05, 4.69) is 5.32 Å². The first-order chi connectivity index (χ1) is 11.5. The van der Waals surface area contributed by atoms with Crippen molar-refractivity contribution in [3.8, 4) is 0 Å². The van der Waals surface area contributed by atoms with Crippen molar-refractivity contribution in [3.63, 3.8) is 0 Å². The van der Waals surface area contributed by atoms with Crippen LogP contribution < -0.4 is 5.32 Å². The molecule has 5 aliphatic carbocycles. The Morgan fingerprint density at radius 1 is 0.958 bits per heavy atom. The van der Waals surface area contributed by atoms with Crippen LogP contribution in [-0.2, 0) is 4.79 Å². The highest BCUT2D eigenvalue weighted by molar-refractivity contribution is 5.96. The van der Waals surface area contributed by atoms with Crippen molar-refractivity contribution >= 4 is 11.9 Å². The Hall–Kier alpha value is -1.06. The number of hydrogen-bond acceptors (Lipinski definition) is 2. The average Bonchev–Trinajstić information content (AvgIpc) is 2.82. The number of nitrogens with zero attached hydrogens (tertiary/aromatic N) is 1. The first-order valence-electron chi connectivity index (χ1n) is 10.2. The SMILES string of the molecule is O=C1CC2(CCCCC2)CN1C(=O)NC12CC3CC(CC(C3)C1)C2. The molecule has 4 bridgehead atoms. The fourth-order valence-corrected chi connectivity index (χ4v) is 7.28. The van der Waals surface area contributed by atoms with E-state index in [1.54, 1.807) is 4.90 Å². The van der Waals surface area contributed by atoms with Gasteiger partial charge >= 0.3 is 6.03 Å². The van der Waals surface area contributed by atoms with E-state index in [-0.39, 0.29) is 22.9 Å². The van der Waals surface area contributed by atoms with E-state index in [1.165, 1.54) is 38.5 Å². The normalized spacial score (nSPS) is 42.8. The monoisotopic (exact) mass is 330 g/mol. The maximum absolute atomic E-state index is 13.0. The number of rotatable bonds is 1. The highest BCUT2D eigenvalue weighted by atomic mass is 16.2. The zero-order valence-electron chi connectivity index (χ0n) is 14.7. The molecule has 0 aromatic heterocycles. The molecular weight excluding hydrogens is 300 g/mol. The standard InChI is InChI=1S/C20H30N2O2/c23-17-12-19(4-2-1-3-5-19)13-22(17)18(24)21-20-9-14-6-15(10-20)8-16(7-14)11-20/h14-16H,1-13H2,(H,21,24). The maximum atomic E-state index is 13.0. The summed E-state index contributed by atoms with van der Waals surface area (Å²) < 4.78 is 0.